The van der Waals surface area contributed by atoms with Crippen molar-refractivity contribution in [1.82, 2.24) is 9.21 Å². The van der Waals surface area contributed by atoms with Gasteiger partial charge in [-0.25, -0.2) is 12.8 Å². The van der Waals surface area contributed by atoms with Crippen LogP contribution in [-0.2, 0) is 10.0 Å². The predicted molar refractivity (Wildman–Crippen MR) is 104 cm³/mol. The molecule has 1 fully saturated rings. The van der Waals surface area contributed by atoms with E-state index in [2.05, 4.69) is 0 Å². The van der Waals surface area contributed by atoms with Gasteiger partial charge in [-0.3, -0.25) is 9.69 Å². The molecule has 1 saturated heterocycles. The second kappa shape index (κ2) is 8.57. The molecule has 0 aliphatic carbocycles. The molecule has 0 bridgehead atoms. The zero-order chi connectivity index (χ0) is 20.3. The summed E-state index contributed by atoms with van der Waals surface area (Å²) >= 11 is 5.96. The molecule has 28 heavy (non-hydrogen) atoms. The van der Waals surface area contributed by atoms with Crippen molar-refractivity contribution in [2.24, 2.45) is 0 Å². The summed E-state index contributed by atoms with van der Waals surface area (Å²) in [5.41, 5.74) is 0.431. The molecule has 2 aromatic carbocycles. The van der Waals surface area contributed by atoms with Gasteiger partial charge in [0.05, 0.1) is 13.7 Å². The summed E-state index contributed by atoms with van der Waals surface area (Å²) in [6.45, 7) is 1.47. The fourth-order valence-electron chi connectivity index (χ4n) is 3.05. The number of methoxy groups -OCH3 is 1. The van der Waals surface area contributed by atoms with E-state index in [0.29, 0.717) is 23.7 Å². The summed E-state index contributed by atoms with van der Waals surface area (Å²) in [6, 6.07) is 9.85. The summed E-state index contributed by atoms with van der Waals surface area (Å²) in [5, 5.41) is 0.308. The van der Waals surface area contributed by atoms with Crippen LogP contribution >= 0.6 is 11.6 Å². The van der Waals surface area contributed by atoms with Crippen LogP contribution in [0.5, 0.6) is 5.75 Å². The van der Waals surface area contributed by atoms with Crippen molar-refractivity contribution in [2.75, 3.05) is 39.8 Å². The van der Waals surface area contributed by atoms with Crippen LogP contribution in [0.2, 0.25) is 5.02 Å². The number of sulfonamides is 1. The van der Waals surface area contributed by atoms with Gasteiger partial charge in [0.15, 0.2) is 5.78 Å². The minimum atomic E-state index is -3.77. The number of carbonyl (C=O) groups excluding carboxylic acids is 1. The van der Waals surface area contributed by atoms with Gasteiger partial charge >= 0.3 is 0 Å². The number of ether oxygens (including phenoxy) is 1. The van der Waals surface area contributed by atoms with E-state index in [-0.39, 0.29) is 36.1 Å². The monoisotopic (exact) mass is 426 g/mol. The molecule has 0 unspecified atom stereocenters. The number of carbonyl (C=O) groups is 1. The predicted octanol–water partition coefficient (Wildman–Crippen LogP) is 2.68. The maximum Gasteiger partial charge on any atom is 0.246 e. The molecular weight excluding hydrogens is 407 g/mol. The summed E-state index contributed by atoms with van der Waals surface area (Å²) < 4.78 is 45.4. The smallest absolute Gasteiger partial charge is 0.246 e. The molecule has 9 heteroatoms. The van der Waals surface area contributed by atoms with Crippen LogP contribution in [-0.4, -0.2) is 63.2 Å². The number of piperazine rings is 1. The Morgan fingerprint density at radius 2 is 1.75 bits per heavy atom. The molecule has 0 radical (unpaired) electrons. The first-order chi connectivity index (χ1) is 13.3. The second-order valence-corrected chi connectivity index (χ2v) is 8.75. The van der Waals surface area contributed by atoms with E-state index < -0.39 is 15.8 Å². The fourth-order valence-corrected chi connectivity index (χ4v) is 4.89. The lowest BCUT2D eigenvalue weighted by Crippen LogP contribution is -2.49. The highest BCUT2D eigenvalue weighted by Crippen LogP contribution is 2.30. The molecule has 1 aliphatic heterocycles. The highest BCUT2D eigenvalue weighted by molar-refractivity contribution is 7.89. The average Bonchev–Trinajstić information content (AvgIpc) is 2.69. The van der Waals surface area contributed by atoms with Crippen LogP contribution in [0.1, 0.15) is 10.4 Å². The third-order valence-corrected chi connectivity index (χ3v) is 6.76. The number of ketones is 1. The van der Waals surface area contributed by atoms with Crippen molar-refractivity contribution in [3.63, 3.8) is 0 Å². The number of benzene rings is 2. The molecule has 0 atom stereocenters. The van der Waals surface area contributed by atoms with Crippen molar-refractivity contribution < 1.29 is 22.3 Å². The van der Waals surface area contributed by atoms with Crippen LogP contribution in [0.25, 0.3) is 0 Å². The summed E-state index contributed by atoms with van der Waals surface area (Å²) in [4.78, 5) is 14.2. The Hall–Kier alpha value is -2.00. The highest BCUT2D eigenvalue weighted by Gasteiger charge is 2.31. The first-order valence-corrected chi connectivity index (χ1v) is 10.5. The maximum absolute atomic E-state index is 13.0. The van der Waals surface area contributed by atoms with Crippen molar-refractivity contribution >= 4 is 27.4 Å². The number of halogens is 2. The van der Waals surface area contributed by atoms with Gasteiger partial charge in [0, 0.05) is 36.8 Å². The number of hydrogen-bond acceptors (Lipinski definition) is 5. The summed E-state index contributed by atoms with van der Waals surface area (Å²) in [6.07, 6.45) is 0. The molecule has 3 rings (SSSR count). The molecule has 0 spiro atoms. The summed E-state index contributed by atoms with van der Waals surface area (Å²) in [7, 11) is -2.36. The normalized spacial score (nSPS) is 16.1. The van der Waals surface area contributed by atoms with Crippen molar-refractivity contribution in [3.05, 3.63) is 58.9 Å². The number of rotatable bonds is 6. The zero-order valence-electron chi connectivity index (χ0n) is 15.3. The average molecular weight is 427 g/mol. The van der Waals surface area contributed by atoms with Gasteiger partial charge in [0.2, 0.25) is 10.0 Å². The molecular formula is C19H20ClFN2O4S. The van der Waals surface area contributed by atoms with E-state index in [1.807, 2.05) is 4.90 Å². The molecule has 6 nitrogen and oxygen atoms in total. The Bertz CT molecular complexity index is 958. The largest absolute Gasteiger partial charge is 0.495 e. The summed E-state index contributed by atoms with van der Waals surface area (Å²) in [5.74, 6) is -0.294. The van der Waals surface area contributed by atoms with Gasteiger partial charge in [-0.15, -0.1) is 0 Å². The van der Waals surface area contributed by atoms with Gasteiger partial charge in [-0.1, -0.05) is 11.6 Å². The molecule has 2 aromatic rings. The van der Waals surface area contributed by atoms with Gasteiger partial charge in [0.1, 0.15) is 16.5 Å². The SMILES string of the molecule is COc1ccc(Cl)cc1S(=O)(=O)N1CCN(CC(=O)c2ccc(F)cc2)CC1. The molecule has 0 saturated carbocycles. The molecule has 1 aliphatic rings. The molecule has 0 N–H and O–H groups in total. The lowest BCUT2D eigenvalue weighted by atomic mass is 10.1. The van der Waals surface area contributed by atoms with Crippen LogP contribution in [0.3, 0.4) is 0 Å². The number of hydrogen-bond donors (Lipinski definition) is 0. The highest BCUT2D eigenvalue weighted by atomic mass is 35.5. The van der Waals surface area contributed by atoms with Crippen LogP contribution < -0.4 is 4.74 Å². The van der Waals surface area contributed by atoms with Crippen molar-refractivity contribution in [3.8, 4) is 5.75 Å². The molecule has 0 aromatic heterocycles. The topological polar surface area (TPSA) is 66.9 Å². The van der Waals surface area contributed by atoms with Gasteiger partial charge in [-0.05, 0) is 42.5 Å². The Morgan fingerprint density at radius 1 is 1.11 bits per heavy atom. The van der Waals surface area contributed by atoms with Crippen molar-refractivity contribution in [2.45, 2.75) is 4.90 Å². The molecule has 150 valence electrons. The third-order valence-electron chi connectivity index (χ3n) is 4.61. The molecule has 1 heterocycles. The first-order valence-electron chi connectivity index (χ1n) is 8.66. The van der Waals surface area contributed by atoms with Crippen LogP contribution in [0, 0.1) is 5.82 Å². The van der Waals surface area contributed by atoms with Crippen LogP contribution in [0.4, 0.5) is 4.39 Å². The first kappa shape index (κ1) is 20.7. The maximum atomic E-state index is 13.0. The van der Waals surface area contributed by atoms with Gasteiger partial charge in [0.25, 0.3) is 0 Å². The minimum absolute atomic E-state index is 0.0262. The fraction of sp³-hybridized carbons (Fsp3) is 0.316. The van der Waals surface area contributed by atoms with Crippen molar-refractivity contribution in [1.29, 1.82) is 0 Å². The van der Waals surface area contributed by atoms with E-state index in [9.17, 15) is 17.6 Å². The zero-order valence-corrected chi connectivity index (χ0v) is 16.8. The van der Waals surface area contributed by atoms with Gasteiger partial charge in [-0.2, -0.15) is 4.31 Å². The Labute approximate surface area is 168 Å². The Kier molecular flexibility index (Phi) is 6.34. The van der Waals surface area contributed by atoms with Crippen LogP contribution in [0.15, 0.2) is 47.4 Å². The minimum Gasteiger partial charge on any atom is -0.495 e. The van der Waals surface area contributed by atoms with E-state index >= 15 is 0 Å². The lowest BCUT2D eigenvalue weighted by Gasteiger charge is -2.33. The molecule has 0 amide bonds. The van der Waals surface area contributed by atoms with E-state index in [1.54, 1.807) is 6.07 Å². The Balaban J connectivity index is 1.65. The van der Waals surface area contributed by atoms with E-state index in [1.165, 1.54) is 47.8 Å². The third kappa shape index (κ3) is 4.52. The van der Waals surface area contributed by atoms with E-state index in [4.69, 9.17) is 16.3 Å². The number of nitrogens with zero attached hydrogens (tertiary/aromatic N) is 2. The standard InChI is InChI=1S/C19H20ClFN2O4S/c1-27-18-7-4-15(20)12-19(18)28(25,26)23-10-8-22(9-11-23)13-17(24)14-2-5-16(21)6-3-14/h2-7,12H,8-11,13H2,1H3. The van der Waals surface area contributed by atoms with E-state index in [0.717, 1.165) is 0 Å². The Morgan fingerprint density at radius 3 is 2.36 bits per heavy atom. The lowest BCUT2D eigenvalue weighted by molar-refractivity contribution is 0.0901. The van der Waals surface area contributed by atoms with Gasteiger partial charge < -0.3 is 4.74 Å². The second-order valence-electron chi connectivity index (χ2n) is 6.41. The number of Topliss-reactive ketones (excluding diaryl/α,β-unsaturated/α-hetero) is 1. The quantitative estimate of drug-likeness (QED) is 0.664.